The normalized spacial score (nSPS) is 10.2. The zero-order valence-electron chi connectivity index (χ0n) is 11.0. The molecule has 0 radical (unpaired) electrons. The number of hydrogen-bond acceptors (Lipinski definition) is 4. The first-order valence-corrected chi connectivity index (χ1v) is 6.22. The van der Waals surface area contributed by atoms with Crippen molar-refractivity contribution in [2.45, 2.75) is 13.3 Å². The first-order valence-electron chi connectivity index (χ1n) is 6.22. The monoisotopic (exact) mass is 262 g/mol. The SMILES string of the molecule is CCN(CCOc1ccc(C#N)cc1)CCC(=O)O. The van der Waals surface area contributed by atoms with Gasteiger partial charge in [-0.15, -0.1) is 0 Å². The Balaban J connectivity index is 2.31. The summed E-state index contributed by atoms with van der Waals surface area (Å²) in [4.78, 5) is 12.5. The van der Waals surface area contributed by atoms with E-state index in [0.29, 0.717) is 31.0 Å². The number of benzene rings is 1. The smallest absolute Gasteiger partial charge is 0.304 e. The highest BCUT2D eigenvalue weighted by Gasteiger charge is 2.05. The van der Waals surface area contributed by atoms with Gasteiger partial charge < -0.3 is 9.84 Å². The molecule has 0 spiro atoms. The molecule has 0 amide bonds. The third-order valence-electron chi connectivity index (χ3n) is 2.75. The number of nitriles is 1. The molecule has 1 aromatic carbocycles. The van der Waals surface area contributed by atoms with Gasteiger partial charge in [0.05, 0.1) is 18.1 Å². The van der Waals surface area contributed by atoms with Crippen LogP contribution in [0.2, 0.25) is 0 Å². The molecular formula is C14H18N2O3. The van der Waals surface area contributed by atoms with Crippen LogP contribution >= 0.6 is 0 Å². The predicted molar refractivity (Wildman–Crippen MR) is 71.0 cm³/mol. The van der Waals surface area contributed by atoms with Gasteiger partial charge in [0.2, 0.25) is 0 Å². The summed E-state index contributed by atoms with van der Waals surface area (Å²) < 4.78 is 5.55. The van der Waals surface area contributed by atoms with Crippen molar-refractivity contribution in [1.82, 2.24) is 4.90 Å². The molecule has 5 heteroatoms. The molecule has 0 saturated carbocycles. The highest BCUT2D eigenvalue weighted by Crippen LogP contribution is 2.11. The van der Waals surface area contributed by atoms with Gasteiger partial charge in [0.15, 0.2) is 0 Å². The molecule has 0 aliphatic carbocycles. The van der Waals surface area contributed by atoms with Crippen LogP contribution in [0.25, 0.3) is 0 Å². The fourth-order valence-corrected chi connectivity index (χ4v) is 1.60. The van der Waals surface area contributed by atoms with E-state index in [9.17, 15) is 4.79 Å². The lowest BCUT2D eigenvalue weighted by Gasteiger charge is -2.19. The van der Waals surface area contributed by atoms with Gasteiger partial charge in [0.1, 0.15) is 12.4 Å². The van der Waals surface area contributed by atoms with Crippen LogP contribution in [0.5, 0.6) is 5.75 Å². The molecule has 1 aromatic rings. The lowest BCUT2D eigenvalue weighted by Crippen LogP contribution is -2.30. The number of nitrogens with zero attached hydrogens (tertiary/aromatic N) is 2. The van der Waals surface area contributed by atoms with E-state index >= 15 is 0 Å². The summed E-state index contributed by atoms with van der Waals surface area (Å²) >= 11 is 0. The number of carboxylic acids is 1. The zero-order chi connectivity index (χ0) is 14.1. The molecule has 0 saturated heterocycles. The molecule has 0 atom stereocenters. The molecule has 0 aromatic heterocycles. The van der Waals surface area contributed by atoms with Gasteiger partial charge in [-0.05, 0) is 30.8 Å². The van der Waals surface area contributed by atoms with Crippen molar-refractivity contribution < 1.29 is 14.6 Å². The molecule has 0 bridgehead atoms. The van der Waals surface area contributed by atoms with Crippen molar-refractivity contribution in [1.29, 1.82) is 5.26 Å². The van der Waals surface area contributed by atoms with Gasteiger partial charge in [0.25, 0.3) is 0 Å². The van der Waals surface area contributed by atoms with E-state index in [0.717, 1.165) is 6.54 Å². The second kappa shape index (κ2) is 8.11. The minimum Gasteiger partial charge on any atom is -0.492 e. The number of likely N-dealkylation sites (N-methyl/N-ethyl adjacent to an activating group) is 1. The summed E-state index contributed by atoms with van der Waals surface area (Å²) in [7, 11) is 0. The Morgan fingerprint density at radius 3 is 2.58 bits per heavy atom. The summed E-state index contributed by atoms with van der Waals surface area (Å²) in [6.45, 7) is 4.50. The number of aliphatic carboxylic acids is 1. The van der Waals surface area contributed by atoms with Crippen molar-refractivity contribution >= 4 is 5.97 Å². The van der Waals surface area contributed by atoms with Gasteiger partial charge in [0, 0.05) is 13.1 Å². The van der Waals surface area contributed by atoms with Gasteiger partial charge in [-0.2, -0.15) is 5.26 Å². The Morgan fingerprint density at radius 2 is 2.05 bits per heavy atom. The second-order valence-corrected chi connectivity index (χ2v) is 4.06. The van der Waals surface area contributed by atoms with Crippen LogP contribution in [0.4, 0.5) is 0 Å². The molecular weight excluding hydrogens is 244 g/mol. The maximum Gasteiger partial charge on any atom is 0.304 e. The van der Waals surface area contributed by atoms with Crippen molar-refractivity contribution in [3.63, 3.8) is 0 Å². The van der Waals surface area contributed by atoms with Gasteiger partial charge >= 0.3 is 5.97 Å². The molecule has 102 valence electrons. The lowest BCUT2D eigenvalue weighted by atomic mass is 10.2. The van der Waals surface area contributed by atoms with Crippen LogP contribution in [0.15, 0.2) is 24.3 Å². The molecule has 1 N–H and O–H groups in total. The zero-order valence-corrected chi connectivity index (χ0v) is 11.0. The maximum absolute atomic E-state index is 10.5. The third kappa shape index (κ3) is 5.89. The van der Waals surface area contributed by atoms with E-state index in [4.69, 9.17) is 15.1 Å². The number of carbonyl (C=O) groups is 1. The summed E-state index contributed by atoms with van der Waals surface area (Å²) in [5, 5.41) is 17.3. The van der Waals surface area contributed by atoms with Crippen molar-refractivity contribution in [3.8, 4) is 11.8 Å². The third-order valence-corrected chi connectivity index (χ3v) is 2.75. The van der Waals surface area contributed by atoms with Crippen molar-refractivity contribution in [3.05, 3.63) is 29.8 Å². The highest BCUT2D eigenvalue weighted by atomic mass is 16.5. The fraction of sp³-hybridized carbons (Fsp3) is 0.429. The average Bonchev–Trinajstić information content (AvgIpc) is 2.43. The molecule has 0 heterocycles. The standard InChI is InChI=1S/C14H18N2O3/c1-2-16(8-7-14(17)18)9-10-19-13-5-3-12(11-15)4-6-13/h3-6H,2,7-10H2,1H3,(H,17,18). The average molecular weight is 262 g/mol. The molecule has 0 aliphatic heterocycles. The number of rotatable bonds is 8. The van der Waals surface area contributed by atoms with Crippen LogP contribution in [-0.2, 0) is 4.79 Å². The van der Waals surface area contributed by atoms with Gasteiger partial charge in [-0.25, -0.2) is 0 Å². The summed E-state index contributed by atoms with van der Waals surface area (Å²) in [5.41, 5.74) is 0.601. The van der Waals surface area contributed by atoms with E-state index in [1.54, 1.807) is 24.3 Å². The molecule has 19 heavy (non-hydrogen) atoms. The van der Waals surface area contributed by atoms with E-state index in [1.807, 2.05) is 17.9 Å². The topological polar surface area (TPSA) is 73.6 Å². The fourth-order valence-electron chi connectivity index (χ4n) is 1.60. The number of hydrogen-bond donors (Lipinski definition) is 1. The first-order chi connectivity index (χ1) is 9.15. The van der Waals surface area contributed by atoms with E-state index in [1.165, 1.54) is 0 Å². The van der Waals surface area contributed by atoms with Crippen LogP contribution < -0.4 is 4.74 Å². The van der Waals surface area contributed by atoms with Gasteiger partial charge in [-0.1, -0.05) is 6.92 Å². The maximum atomic E-state index is 10.5. The molecule has 0 fully saturated rings. The number of ether oxygens (including phenoxy) is 1. The first kappa shape index (κ1) is 15.0. The van der Waals surface area contributed by atoms with Crippen molar-refractivity contribution in [2.75, 3.05) is 26.2 Å². The van der Waals surface area contributed by atoms with E-state index in [2.05, 4.69) is 0 Å². The summed E-state index contributed by atoms with van der Waals surface area (Å²) in [6.07, 6.45) is 0.144. The Bertz CT molecular complexity index is 437. The van der Waals surface area contributed by atoms with Crippen LogP contribution in [0.3, 0.4) is 0 Å². The largest absolute Gasteiger partial charge is 0.492 e. The Morgan fingerprint density at radius 1 is 1.37 bits per heavy atom. The molecule has 5 nitrogen and oxygen atoms in total. The Labute approximate surface area is 113 Å². The predicted octanol–water partition coefficient (Wildman–Crippen LogP) is 1.73. The van der Waals surface area contributed by atoms with E-state index < -0.39 is 5.97 Å². The minimum absolute atomic E-state index is 0.144. The Hall–Kier alpha value is -2.06. The summed E-state index contributed by atoms with van der Waals surface area (Å²) in [6, 6.07) is 8.97. The second-order valence-electron chi connectivity index (χ2n) is 4.06. The van der Waals surface area contributed by atoms with Gasteiger partial charge in [-0.3, -0.25) is 9.69 Å². The summed E-state index contributed by atoms with van der Waals surface area (Å²) in [5.74, 6) is -0.0697. The van der Waals surface area contributed by atoms with Crippen molar-refractivity contribution in [2.24, 2.45) is 0 Å². The number of carboxylic acid groups (broad SMARTS) is 1. The highest BCUT2D eigenvalue weighted by molar-refractivity contribution is 5.66. The Kier molecular flexibility index (Phi) is 6.41. The van der Waals surface area contributed by atoms with Crippen LogP contribution in [0, 0.1) is 11.3 Å². The molecule has 0 unspecified atom stereocenters. The van der Waals surface area contributed by atoms with Crippen LogP contribution in [-0.4, -0.2) is 42.2 Å². The van der Waals surface area contributed by atoms with Crippen LogP contribution in [0.1, 0.15) is 18.9 Å². The quantitative estimate of drug-likeness (QED) is 0.772. The molecule has 1 rings (SSSR count). The molecule has 0 aliphatic rings. The minimum atomic E-state index is -0.786. The van der Waals surface area contributed by atoms with E-state index in [-0.39, 0.29) is 6.42 Å². The lowest BCUT2D eigenvalue weighted by molar-refractivity contribution is -0.137.